The van der Waals surface area contributed by atoms with Gasteiger partial charge in [-0.15, -0.1) is 0 Å². The summed E-state index contributed by atoms with van der Waals surface area (Å²) in [7, 11) is 0. The van der Waals surface area contributed by atoms with Gasteiger partial charge in [-0.2, -0.15) is 0 Å². The average Bonchev–Trinajstić information content (AvgIpc) is 3.39. The van der Waals surface area contributed by atoms with E-state index < -0.39 is 0 Å². The van der Waals surface area contributed by atoms with Crippen molar-refractivity contribution < 1.29 is 0 Å². The Labute approximate surface area is 141 Å². The highest BCUT2D eigenvalue weighted by atomic mass is 14.3. The molecule has 0 heterocycles. The maximum absolute atomic E-state index is 4.29. The van der Waals surface area contributed by atoms with Gasteiger partial charge in [0.1, 0.15) is 0 Å². The van der Waals surface area contributed by atoms with Crippen molar-refractivity contribution in [2.75, 3.05) is 0 Å². The summed E-state index contributed by atoms with van der Waals surface area (Å²) in [6.45, 7) is 11.0. The van der Waals surface area contributed by atoms with Gasteiger partial charge in [0, 0.05) is 0 Å². The van der Waals surface area contributed by atoms with Crippen molar-refractivity contribution in [2.45, 2.75) is 52.9 Å². The van der Waals surface area contributed by atoms with Crippen LogP contribution in [-0.2, 0) is 12.8 Å². The topological polar surface area (TPSA) is 0 Å². The predicted octanol–water partition coefficient (Wildman–Crippen LogP) is 6.60. The Morgan fingerprint density at radius 2 is 1.83 bits per heavy atom. The second-order valence-electron chi connectivity index (χ2n) is 6.92. The zero-order valence-electron chi connectivity index (χ0n) is 14.8. The number of hydrogen-bond donors (Lipinski definition) is 0. The minimum atomic E-state index is 0.736. The molecule has 3 rings (SSSR count). The van der Waals surface area contributed by atoms with Crippen molar-refractivity contribution in [1.29, 1.82) is 0 Å². The molecule has 0 saturated heterocycles. The fourth-order valence-corrected chi connectivity index (χ4v) is 3.50. The van der Waals surface area contributed by atoms with Crippen LogP contribution in [0.15, 0.2) is 43.0 Å². The average molecular weight is 304 g/mol. The van der Waals surface area contributed by atoms with Gasteiger partial charge in [-0.25, -0.2) is 0 Å². The Kier molecular flexibility index (Phi) is 4.71. The van der Waals surface area contributed by atoms with E-state index in [0.29, 0.717) is 0 Å². The van der Waals surface area contributed by atoms with Gasteiger partial charge in [-0.1, -0.05) is 63.2 Å². The number of aryl methyl sites for hydroxylation is 3. The van der Waals surface area contributed by atoms with Gasteiger partial charge in [0.05, 0.1) is 0 Å². The van der Waals surface area contributed by atoms with Crippen molar-refractivity contribution in [1.82, 2.24) is 0 Å². The van der Waals surface area contributed by atoms with Crippen molar-refractivity contribution in [3.63, 3.8) is 0 Å². The molecule has 0 aromatic heterocycles. The van der Waals surface area contributed by atoms with Crippen LogP contribution in [0.5, 0.6) is 0 Å². The molecule has 0 unspecified atom stereocenters. The summed E-state index contributed by atoms with van der Waals surface area (Å²) >= 11 is 0. The molecule has 0 amide bonds. The predicted molar refractivity (Wildman–Crippen MR) is 102 cm³/mol. The Morgan fingerprint density at radius 1 is 1.04 bits per heavy atom. The van der Waals surface area contributed by atoms with E-state index in [-0.39, 0.29) is 0 Å². The van der Waals surface area contributed by atoms with Crippen LogP contribution in [0, 0.1) is 12.8 Å². The van der Waals surface area contributed by atoms with E-state index in [1.165, 1.54) is 64.6 Å². The maximum atomic E-state index is 4.29. The SMILES string of the molecule is C=C(c1ccc(-c2ccc(CC)c(CCC)c2)c(C)c1)C1CC1. The Balaban J connectivity index is 1.94. The summed E-state index contributed by atoms with van der Waals surface area (Å²) in [5.74, 6) is 0.736. The summed E-state index contributed by atoms with van der Waals surface area (Å²) in [6, 6.07) is 13.9. The molecule has 0 nitrogen and oxygen atoms in total. The van der Waals surface area contributed by atoms with Crippen molar-refractivity contribution in [2.24, 2.45) is 5.92 Å². The summed E-state index contributed by atoms with van der Waals surface area (Å²) in [4.78, 5) is 0. The molecule has 2 aromatic rings. The summed E-state index contributed by atoms with van der Waals surface area (Å²) < 4.78 is 0. The van der Waals surface area contributed by atoms with Crippen LogP contribution in [0.2, 0.25) is 0 Å². The van der Waals surface area contributed by atoms with Crippen molar-refractivity contribution in [3.8, 4) is 11.1 Å². The summed E-state index contributed by atoms with van der Waals surface area (Å²) in [6.07, 6.45) is 6.13. The molecular formula is C23H28. The largest absolute Gasteiger partial charge is 0.0950 e. The van der Waals surface area contributed by atoms with Crippen LogP contribution < -0.4 is 0 Å². The second kappa shape index (κ2) is 6.74. The van der Waals surface area contributed by atoms with Crippen LogP contribution in [0.4, 0.5) is 0 Å². The molecule has 0 heteroatoms. The normalized spacial score (nSPS) is 14.0. The highest BCUT2D eigenvalue weighted by molar-refractivity contribution is 5.74. The lowest BCUT2D eigenvalue weighted by Crippen LogP contribution is -1.95. The van der Waals surface area contributed by atoms with Gasteiger partial charge in [-0.3, -0.25) is 0 Å². The number of allylic oxidation sites excluding steroid dienone is 1. The van der Waals surface area contributed by atoms with E-state index in [1.54, 1.807) is 0 Å². The fourth-order valence-electron chi connectivity index (χ4n) is 3.50. The molecular weight excluding hydrogens is 276 g/mol. The standard InChI is InChI=1S/C23H28/c1-5-7-21-15-22(11-8-18(21)6-2)23-13-12-20(14-16(23)3)17(4)19-9-10-19/h8,11-15,19H,4-7,9-10H2,1-3H3. The van der Waals surface area contributed by atoms with Gasteiger partial charge in [0.2, 0.25) is 0 Å². The molecule has 23 heavy (non-hydrogen) atoms. The highest BCUT2D eigenvalue weighted by Gasteiger charge is 2.25. The van der Waals surface area contributed by atoms with Gasteiger partial charge >= 0.3 is 0 Å². The van der Waals surface area contributed by atoms with Crippen LogP contribution in [0.25, 0.3) is 16.7 Å². The van der Waals surface area contributed by atoms with Gasteiger partial charge in [0.15, 0.2) is 0 Å². The molecule has 1 aliphatic rings. The van der Waals surface area contributed by atoms with Crippen molar-refractivity contribution in [3.05, 3.63) is 65.2 Å². The Bertz CT molecular complexity index is 717. The lowest BCUT2D eigenvalue weighted by Gasteiger charge is -2.14. The van der Waals surface area contributed by atoms with E-state index in [1.807, 2.05) is 0 Å². The first kappa shape index (κ1) is 16.1. The third-order valence-electron chi connectivity index (χ3n) is 5.08. The zero-order valence-corrected chi connectivity index (χ0v) is 14.8. The second-order valence-corrected chi connectivity index (χ2v) is 6.92. The van der Waals surface area contributed by atoms with Gasteiger partial charge < -0.3 is 0 Å². The van der Waals surface area contributed by atoms with Crippen LogP contribution in [0.3, 0.4) is 0 Å². The first-order valence-electron chi connectivity index (χ1n) is 9.06. The molecule has 1 saturated carbocycles. The molecule has 0 radical (unpaired) electrons. The monoisotopic (exact) mass is 304 g/mol. The molecule has 0 aliphatic heterocycles. The number of benzene rings is 2. The van der Waals surface area contributed by atoms with E-state index in [9.17, 15) is 0 Å². The minimum Gasteiger partial charge on any atom is -0.0950 e. The molecule has 2 aromatic carbocycles. The summed E-state index contributed by atoms with van der Waals surface area (Å²) in [5, 5.41) is 0. The van der Waals surface area contributed by atoms with Crippen LogP contribution in [-0.4, -0.2) is 0 Å². The fraction of sp³-hybridized carbons (Fsp3) is 0.391. The van der Waals surface area contributed by atoms with E-state index in [2.05, 4.69) is 63.7 Å². The Morgan fingerprint density at radius 3 is 2.43 bits per heavy atom. The molecule has 0 bridgehead atoms. The van der Waals surface area contributed by atoms with Crippen LogP contribution in [0.1, 0.15) is 55.4 Å². The van der Waals surface area contributed by atoms with E-state index in [0.717, 1.165) is 12.3 Å². The number of rotatable bonds is 6. The maximum Gasteiger partial charge on any atom is -0.0154 e. The third-order valence-corrected chi connectivity index (χ3v) is 5.08. The zero-order chi connectivity index (χ0) is 16.4. The molecule has 1 fully saturated rings. The summed E-state index contributed by atoms with van der Waals surface area (Å²) in [5.41, 5.74) is 9.73. The van der Waals surface area contributed by atoms with Crippen molar-refractivity contribution >= 4 is 5.57 Å². The van der Waals surface area contributed by atoms with E-state index in [4.69, 9.17) is 0 Å². The smallest absolute Gasteiger partial charge is 0.0154 e. The lowest BCUT2D eigenvalue weighted by atomic mass is 9.91. The third kappa shape index (κ3) is 3.42. The van der Waals surface area contributed by atoms with Gasteiger partial charge in [-0.05, 0) is 77.5 Å². The molecule has 0 spiro atoms. The molecule has 120 valence electrons. The Hall–Kier alpha value is -1.82. The highest BCUT2D eigenvalue weighted by Crippen LogP contribution is 2.41. The van der Waals surface area contributed by atoms with Crippen LogP contribution >= 0.6 is 0 Å². The molecule has 0 atom stereocenters. The first-order chi connectivity index (χ1) is 11.1. The van der Waals surface area contributed by atoms with Gasteiger partial charge in [0.25, 0.3) is 0 Å². The quantitative estimate of drug-likeness (QED) is 0.564. The first-order valence-corrected chi connectivity index (χ1v) is 9.06. The molecule has 1 aliphatic carbocycles. The molecule has 0 N–H and O–H groups in total. The van der Waals surface area contributed by atoms with E-state index >= 15 is 0 Å². The minimum absolute atomic E-state index is 0.736. The number of hydrogen-bond acceptors (Lipinski definition) is 0. The lowest BCUT2D eigenvalue weighted by molar-refractivity contribution is 0.900.